The second-order valence-corrected chi connectivity index (χ2v) is 5.15. The summed E-state index contributed by atoms with van der Waals surface area (Å²) in [5, 5.41) is 13.1. The molecule has 1 aromatic rings. The fourth-order valence-corrected chi connectivity index (χ4v) is 2.33. The van der Waals surface area contributed by atoms with Crippen molar-refractivity contribution in [1.29, 1.82) is 0 Å². The van der Waals surface area contributed by atoms with E-state index in [0.717, 1.165) is 36.1 Å². The number of amides is 1. The molecule has 1 amide bonds. The van der Waals surface area contributed by atoms with Crippen LogP contribution in [0.25, 0.3) is 0 Å². The maximum absolute atomic E-state index is 11.5. The van der Waals surface area contributed by atoms with Crippen LogP contribution in [0.4, 0.5) is 5.69 Å². The topological polar surface area (TPSA) is 49.3 Å². The van der Waals surface area contributed by atoms with E-state index in [9.17, 15) is 9.90 Å². The quantitative estimate of drug-likeness (QED) is 0.862. The summed E-state index contributed by atoms with van der Waals surface area (Å²) < 4.78 is 0. The van der Waals surface area contributed by atoms with Crippen molar-refractivity contribution in [1.82, 2.24) is 0 Å². The molecule has 98 valence electrons. The number of fused-ring (bicyclic) bond motifs is 1. The monoisotopic (exact) mass is 247 g/mol. The normalized spacial score (nSPS) is 18.5. The maximum Gasteiger partial charge on any atom is 0.224 e. The van der Waals surface area contributed by atoms with E-state index < -0.39 is 6.10 Å². The first-order valence-electron chi connectivity index (χ1n) is 6.72. The number of rotatable bonds is 3. The number of carbonyl (C=O) groups excluding carboxylic acids is 1. The first kappa shape index (κ1) is 13.1. The van der Waals surface area contributed by atoms with Crippen molar-refractivity contribution >= 4 is 11.6 Å². The highest BCUT2D eigenvalue weighted by Gasteiger charge is 2.18. The molecule has 2 rings (SSSR count). The molecule has 3 heteroatoms. The van der Waals surface area contributed by atoms with Gasteiger partial charge in [0.1, 0.15) is 0 Å². The predicted molar refractivity (Wildman–Crippen MR) is 72.4 cm³/mol. The van der Waals surface area contributed by atoms with Crippen LogP contribution in [0.1, 0.15) is 50.3 Å². The highest BCUT2D eigenvalue weighted by molar-refractivity contribution is 5.92. The average Bonchev–Trinajstić information content (AvgIpc) is 2.56. The number of benzene rings is 1. The smallest absolute Gasteiger partial charge is 0.224 e. The molecule has 2 unspecified atom stereocenters. The molecule has 18 heavy (non-hydrogen) atoms. The summed E-state index contributed by atoms with van der Waals surface area (Å²) >= 11 is 0. The molecule has 0 aliphatic carbocycles. The molecule has 1 aromatic carbocycles. The Labute approximate surface area is 108 Å². The van der Waals surface area contributed by atoms with Crippen LogP contribution >= 0.6 is 0 Å². The van der Waals surface area contributed by atoms with Crippen LogP contribution in [0.5, 0.6) is 0 Å². The van der Waals surface area contributed by atoms with Crippen LogP contribution in [0.15, 0.2) is 18.2 Å². The zero-order chi connectivity index (χ0) is 13.1. The lowest BCUT2D eigenvalue weighted by Crippen LogP contribution is -2.11. The Morgan fingerprint density at radius 1 is 1.39 bits per heavy atom. The first-order chi connectivity index (χ1) is 8.61. The largest absolute Gasteiger partial charge is 0.388 e. The third kappa shape index (κ3) is 2.72. The van der Waals surface area contributed by atoms with E-state index in [0.29, 0.717) is 6.42 Å². The SMILES string of the molecule is CCC(C)C(O)c1ccc2c(c1)CCCC(=O)N2. The molecule has 3 nitrogen and oxygen atoms in total. The van der Waals surface area contributed by atoms with Gasteiger partial charge in [0.05, 0.1) is 6.10 Å². The van der Waals surface area contributed by atoms with Gasteiger partial charge in [0.15, 0.2) is 0 Å². The van der Waals surface area contributed by atoms with Crippen molar-refractivity contribution in [2.45, 2.75) is 45.6 Å². The van der Waals surface area contributed by atoms with E-state index in [2.05, 4.69) is 19.2 Å². The first-order valence-corrected chi connectivity index (χ1v) is 6.72. The Kier molecular flexibility index (Phi) is 4.02. The highest BCUT2D eigenvalue weighted by Crippen LogP contribution is 2.29. The van der Waals surface area contributed by atoms with E-state index in [1.165, 1.54) is 0 Å². The molecule has 1 aliphatic heterocycles. The summed E-state index contributed by atoms with van der Waals surface area (Å²) in [6, 6.07) is 5.87. The molecule has 0 spiro atoms. The number of carbonyl (C=O) groups is 1. The second kappa shape index (κ2) is 5.53. The molecular weight excluding hydrogens is 226 g/mol. The van der Waals surface area contributed by atoms with Gasteiger partial charge in [0.2, 0.25) is 5.91 Å². The molecule has 0 saturated carbocycles. The molecule has 1 heterocycles. The number of anilines is 1. The minimum Gasteiger partial charge on any atom is -0.388 e. The minimum absolute atomic E-state index is 0.0870. The van der Waals surface area contributed by atoms with Gasteiger partial charge in [-0.3, -0.25) is 4.79 Å². The van der Waals surface area contributed by atoms with Crippen molar-refractivity contribution in [3.8, 4) is 0 Å². The molecule has 2 N–H and O–H groups in total. The molecular formula is C15H21NO2. The third-order valence-corrected chi connectivity index (χ3v) is 3.78. The molecule has 0 bridgehead atoms. The Morgan fingerprint density at radius 2 is 2.17 bits per heavy atom. The summed E-state index contributed by atoms with van der Waals surface area (Å²) in [7, 11) is 0. The minimum atomic E-state index is -0.417. The van der Waals surface area contributed by atoms with E-state index in [1.54, 1.807) is 0 Å². The summed E-state index contributed by atoms with van der Waals surface area (Å²) in [6.45, 7) is 4.13. The van der Waals surface area contributed by atoms with E-state index in [1.807, 2.05) is 18.2 Å². The number of aryl methyl sites for hydroxylation is 1. The lowest BCUT2D eigenvalue weighted by molar-refractivity contribution is -0.116. The number of aliphatic hydroxyl groups excluding tert-OH is 1. The van der Waals surface area contributed by atoms with Crippen LogP contribution in [-0.2, 0) is 11.2 Å². The van der Waals surface area contributed by atoms with Gasteiger partial charge in [-0.2, -0.15) is 0 Å². The zero-order valence-corrected chi connectivity index (χ0v) is 11.1. The van der Waals surface area contributed by atoms with Crippen molar-refractivity contribution in [2.75, 3.05) is 5.32 Å². The summed E-state index contributed by atoms with van der Waals surface area (Å²) in [4.78, 5) is 11.5. The van der Waals surface area contributed by atoms with Crippen molar-refractivity contribution < 1.29 is 9.90 Å². The lowest BCUT2D eigenvalue weighted by atomic mass is 9.93. The van der Waals surface area contributed by atoms with Crippen molar-refractivity contribution in [2.24, 2.45) is 5.92 Å². The Bertz CT molecular complexity index is 442. The fourth-order valence-electron chi connectivity index (χ4n) is 2.33. The summed E-state index contributed by atoms with van der Waals surface area (Å²) in [5.74, 6) is 0.340. The average molecular weight is 247 g/mol. The Morgan fingerprint density at radius 3 is 2.89 bits per heavy atom. The van der Waals surface area contributed by atoms with Crippen molar-refractivity contribution in [3.05, 3.63) is 29.3 Å². The zero-order valence-electron chi connectivity index (χ0n) is 11.1. The second-order valence-electron chi connectivity index (χ2n) is 5.15. The van der Waals surface area contributed by atoms with Gasteiger partial charge < -0.3 is 10.4 Å². The van der Waals surface area contributed by atoms with Crippen molar-refractivity contribution in [3.63, 3.8) is 0 Å². The molecule has 0 saturated heterocycles. The van der Waals surface area contributed by atoms with Crippen LogP contribution in [-0.4, -0.2) is 11.0 Å². The van der Waals surface area contributed by atoms with Gasteiger partial charge in [-0.1, -0.05) is 32.4 Å². The van der Waals surface area contributed by atoms with Crippen LogP contribution in [0.2, 0.25) is 0 Å². The lowest BCUT2D eigenvalue weighted by Gasteiger charge is -2.19. The molecule has 0 aromatic heterocycles. The molecule has 1 aliphatic rings. The summed E-state index contributed by atoms with van der Waals surface area (Å²) in [6.07, 6.45) is 2.89. The Hall–Kier alpha value is -1.35. The van der Waals surface area contributed by atoms with Gasteiger partial charge in [0.25, 0.3) is 0 Å². The highest BCUT2D eigenvalue weighted by atomic mass is 16.3. The van der Waals surface area contributed by atoms with E-state index in [4.69, 9.17) is 0 Å². The maximum atomic E-state index is 11.5. The third-order valence-electron chi connectivity index (χ3n) is 3.78. The van der Waals surface area contributed by atoms with E-state index >= 15 is 0 Å². The van der Waals surface area contributed by atoms with Gasteiger partial charge in [-0.05, 0) is 36.0 Å². The van der Waals surface area contributed by atoms with Gasteiger partial charge in [-0.25, -0.2) is 0 Å². The number of hydrogen-bond acceptors (Lipinski definition) is 2. The number of nitrogens with one attached hydrogen (secondary N) is 1. The Balaban J connectivity index is 2.26. The molecule has 0 radical (unpaired) electrons. The number of aliphatic hydroxyl groups is 1. The van der Waals surface area contributed by atoms with Gasteiger partial charge in [0, 0.05) is 12.1 Å². The predicted octanol–water partition coefficient (Wildman–Crippen LogP) is 3.04. The van der Waals surface area contributed by atoms with Crippen LogP contribution in [0, 0.1) is 5.92 Å². The number of hydrogen-bond donors (Lipinski definition) is 2. The van der Waals surface area contributed by atoms with Crippen LogP contribution in [0.3, 0.4) is 0 Å². The fraction of sp³-hybridized carbons (Fsp3) is 0.533. The molecule has 0 fully saturated rings. The van der Waals surface area contributed by atoms with E-state index in [-0.39, 0.29) is 11.8 Å². The van der Waals surface area contributed by atoms with Gasteiger partial charge >= 0.3 is 0 Å². The molecule has 2 atom stereocenters. The van der Waals surface area contributed by atoms with Crippen LogP contribution < -0.4 is 5.32 Å². The van der Waals surface area contributed by atoms with Gasteiger partial charge in [-0.15, -0.1) is 0 Å². The summed E-state index contributed by atoms with van der Waals surface area (Å²) in [5.41, 5.74) is 3.00. The standard InChI is InChI=1S/C15H21NO2/c1-3-10(2)15(18)12-7-8-13-11(9-12)5-4-6-14(17)16-13/h7-10,15,18H,3-6H2,1-2H3,(H,16,17).